The number of carbonyl (C=O) groups is 1. The van der Waals surface area contributed by atoms with Crippen molar-refractivity contribution in [3.8, 4) is 0 Å². The van der Waals surface area contributed by atoms with Gasteiger partial charge in [-0.15, -0.1) is 0 Å². The number of amides is 1. The third-order valence-electron chi connectivity index (χ3n) is 4.86. The largest absolute Gasteiger partial charge is 0.401 e. The first kappa shape index (κ1) is 15.1. The molecular weight excluding hydrogens is 283 g/mol. The van der Waals surface area contributed by atoms with Crippen molar-refractivity contribution < 1.29 is 18.0 Å². The molecule has 3 rings (SSSR count). The van der Waals surface area contributed by atoms with E-state index in [9.17, 15) is 18.0 Å². The highest BCUT2D eigenvalue weighted by molar-refractivity contribution is 5.85. The molecule has 21 heavy (non-hydrogen) atoms. The average molecular weight is 305 g/mol. The molecule has 3 saturated carbocycles. The molecule has 0 aliphatic heterocycles. The van der Waals surface area contributed by atoms with E-state index in [0.29, 0.717) is 25.3 Å². The summed E-state index contributed by atoms with van der Waals surface area (Å²) in [6.45, 7) is -0.874. The maximum Gasteiger partial charge on any atom is 0.401 e. The first-order valence-corrected chi connectivity index (χ1v) is 7.69. The van der Waals surface area contributed by atoms with Crippen molar-refractivity contribution in [1.82, 2.24) is 10.2 Å². The van der Waals surface area contributed by atoms with Crippen LogP contribution in [0.1, 0.15) is 44.9 Å². The number of alkyl halides is 3. The first-order valence-electron chi connectivity index (χ1n) is 7.69. The number of rotatable bonds is 6. The monoisotopic (exact) mass is 305 g/mol. The van der Waals surface area contributed by atoms with Crippen molar-refractivity contribution in [2.24, 2.45) is 5.73 Å². The predicted octanol–water partition coefficient (Wildman–Crippen LogP) is 1.54. The fourth-order valence-corrected chi connectivity index (χ4v) is 3.52. The molecule has 0 aromatic heterocycles. The molecule has 0 bridgehead atoms. The lowest BCUT2D eigenvalue weighted by Crippen LogP contribution is -2.55. The minimum absolute atomic E-state index is 0.0289. The number of nitrogens with zero attached hydrogens (tertiary/aromatic N) is 1. The molecule has 0 spiro atoms. The van der Waals surface area contributed by atoms with E-state index in [1.807, 2.05) is 0 Å². The minimum Gasteiger partial charge on any atom is -0.368 e. The Hall–Kier alpha value is -0.820. The van der Waals surface area contributed by atoms with Crippen molar-refractivity contribution in [3.05, 3.63) is 0 Å². The zero-order valence-corrected chi connectivity index (χ0v) is 12.0. The molecule has 0 aromatic carbocycles. The van der Waals surface area contributed by atoms with Crippen molar-refractivity contribution in [2.45, 2.75) is 74.8 Å². The van der Waals surface area contributed by atoms with Crippen LogP contribution in [-0.2, 0) is 4.79 Å². The van der Waals surface area contributed by atoms with Crippen LogP contribution in [0.2, 0.25) is 0 Å². The Morgan fingerprint density at radius 1 is 1.19 bits per heavy atom. The Bertz CT molecular complexity index is 420. The van der Waals surface area contributed by atoms with Crippen LogP contribution >= 0.6 is 0 Å². The molecule has 0 heterocycles. The molecule has 7 heteroatoms. The van der Waals surface area contributed by atoms with E-state index < -0.39 is 24.2 Å². The second-order valence-electron chi connectivity index (χ2n) is 6.78. The minimum atomic E-state index is -4.19. The van der Waals surface area contributed by atoms with E-state index in [2.05, 4.69) is 5.32 Å². The maximum atomic E-state index is 12.8. The number of carbonyl (C=O) groups excluding carboxylic acids is 1. The summed E-state index contributed by atoms with van der Waals surface area (Å²) in [4.78, 5) is 13.4. The van der Waals surface area contributed by atoms with Gasteiger partial charge in [0.05, 0.1) is 12.1 Å². The quantitative estimate of drug-likeness (QED) is 0.782. The normalized spacial score (nSPS) is 33.6. The summed E-state index contributed by atoms with van der Waals surface area (Å²) < 4.78 is 38.3. The van der Waals surface area contributed by atoms with Crippen molar-refractivity contribution in [3.63, 3.8) is 0 Å². The van der Waals surface area contributed by atoms with Crippen molar-refractivity contribution >= 4 is 5.91 Å². The SMILES string of the molecule is NC(=O)C1(NC2CC2)CCC(N(CC(F)(F)F)C2CC2)C1. The lowest BCUT2D eigenvalue weighted by Gasteiger charge is -2.32. The highest BCUT2D eigenvalue weighted by Crippen LogP contribution is 2.41. The number of hydrogen-bond acceptors (Lipinski definition) is 3. The van der Waals surface area contributed by atoms with Crippen LogP contribution in [0.25, 0.3) is 0 Å². The van der Waals surface area contributed by atoms with Crippen LogP contribution in [0.15, 0.2) is 0 Å². The van der Waals surface area contributed by atoms with Crippen LogP contribution in [0.5, 0.6) is 0 Å². The number of primary amides is 1. The van der Waals surface area contributed by atoms with Gasteiger partial charge in [0.2, 0.25) is 5.91 Å². The smallest absolute Gasteiger partial charge is 0.368 e. The lowest BCUT2D eigenvalue weighted by molar-refractivity contribution is -0.152. The van der Waals surface area contributed by atoms with Crippen LogP contribution in [0.3, 0.4) is 0 Å². The summed E-state index contributed by atoms with van der Waals surface area (Å²) in [5, 5.41) is 3.29. The van der Waals surface area contributed by atoms with Gasteiger partial charge in [0.1, 0.15) is 0 Å². The second kappa shape index (κ2) is 5.12. The fraction of sp³-hybridized carbons (Fsp3) is 0.929. The molecule has 3 aliphatic rings. The summed E-state index contributed by atoms with van der Waals surface area (Å²) in [5.41, 5.74) is 4.75. The van der Waals surface area contributed by atoms with Gasteiger partial charge in [0.25, 0.3) is 0 Å². The zero-order chi connectivity index (χ0) is 15.3. The van der Waals surface area contributed by atoms with E-state index in [4.69, 9.17) is 5.73 Å². The summed E-state index contributed by atoms with van der Waals surface area (Å²) in [5.74, 6) is -0.417. The summed E-state index contributed by atoms with van der Waals surface area (Å²) >= 11 is 0. The lowest BCUT2D eigenvalue weighted by atomic mass is 9.96. The van der Waals surface area contributed by atoms with Crippen molar-refractivity contribution in [1.29, 1.82) is 0 Å². The van der Waals surface area contributed by atoms with E-state index in [0.717, 1.165) is 25.7 Å². The van der Waals surface area contributed by atoms with E-state index in [-0.39, 0.29) is 12.1 Å². The third-order valence-corrected chi connectivity index (χ3v) is 4.86. The third kappa shape index (κ3) is 3.51. The predicted molar refractivity (Wildman–Crippen MR) is 71.5 cm³/mol. The molecule has 4 nitrogen and oxygen atoms in total. The average Bonchev–Trinajstić information content (AvgIpc) is 3.25. The summed E-state index contributed by atoms with van der Waals surface area (Å²) in [6, 6.07) is 0.146. The molecule has 0 aromatic rings. The van der Waals surface area contributed by atoms with Crippen LogP contribution in [0.4, 0.5) is 13.2 Å². The van der Waals surface area contributed by atoms with Gasteiger partial charge in [-0.05, 0) is 44.9 Å². The summed E-state index contributed by atoms with van der Waals surface area (Å²) in [6.07, 6.45) is 1.07. The maximum absolute atomic E-state index is 12.8. The molecule has 120 valence electrons. The Balaban J connectivity index is 1.69. The molecule has 0 radical (unpaired) electrons. The zero-order valence-electron chi connectivity index (χ0n) is 12.0. The molecule has 3 fully saturated rings. The van der Waals surface area contributed by atoms with E-state index in [1.54, 1.807) is 4.90 Å². The van der Waals surface area contributed by atoms with Crippen molar-refractivity contribution in [2.75, 3.05) is 6.54 Å². The van der Waals surface area contributed by atoms with Gasteiger partial charge in [-0.1, -0.05) is 0 Å². The van der Waals surface area contributed by atoms with Gasteiger partial charge >= 0.3 is 6.18 Å². The number of nitrogens with two attached hydrogens (primary N) is 1. The molecule has 2 atom stereocenters. The number of nitrogens with one attached hydrogen (secondary N) is 1. The Kier molecular flexibility index (Phi) is 3.68. The van der Waals surface area contributed by atoms with Gasteiger partial charge in [-0.2, -0.15) is 13.2 Å². The first-order chi connectivity index (χ1) is 9.79. The van der Waals surface area contributed by atoms with Crippen LogP contribution in [-0.4, -0.2) is 47.2 Å². The molecule has 0 saturated heterocycles. The highest BCUT2D eigenvalue weighted by Gasteiger charge is 2.51. The summed E-state index contributed by atoms with van der Waals surface area (Å²) in [7, 11) is 0. The van der Waals surface area contributed by atoms with Gasteiger partial charge in [-0.3, -0.25) is 9.69 Å². The molecule has 3 aliphatic carbocycles. The van der Waals surface area contributed by atoms with Gasteiger partial charge < -0.3 is 11.1 Å². The second-order valence-corrected chi connectivity index (χ2v) is 6.78. The molecule has 2 unspecified atom stereocenters. The van der Waals surface area contributed by atoms with Gasteiger partial charge in [-0.25, -0.2) is 0 Å². The Morgan fingerprint density at radius 3 is 2.33 bits per heavy atom. The standard InChI is InChI=1S/C14H22F3N3O/c15-14(16,17)8-20(10-3-4-10)11-5-6-13(7-11,12(18)21)19-9-1-2-9/h9-11,19H,1-8H2,(H2,18,21). The molecule has 3 N–H and O–H groups in total. The van der Waals surface area contributed by atoms with E-state index in [1.165, 1.54) is 0 Å². The number of hydrogen-bond donors (Lipinski definition) is 2. The van der Waals surface area contributed by atoms with E-state index >= 15 is 0 Å². The fourth-order valence-electron chi connectivity index (χ4n) is 3.52. The van der Waals surface area contributed by atoms with Gasteiger partial charge in [0, 0.05) is 18.1 Å². The Labute approximate surface area is 122 Å². The van der Waals surface area contributed by atoms with Crippen LogP contribution < -0.4 is 11.1 Å². The molecular formula is C14H22F3N3O. The highest BCUT2D eigenvalue weighted by atomic mass is 19.4. The topological polar surface area (TPSA) is 58.4 Å². The molecule has 1 amide bonds. The Morgan fingerprint density at radius 2 is 1.86 bits per heavy atom. The van der Waals surface area contributed by atoms with Gasteiger partial charge in [0.15, 0.2) is 0 Å². The van der Waals surface area contributed by atoms with Crippen LogP contribution in [0, 0.1) is 0 Å². The number of halogens is 3.